The second-order valence-corrected chi connectivity index (χ2v) is 5.66. The number of carboxylic acids is 1. The quantitative estimate of drug-likeness (QED) is 0.523. The lowest BCUT2D eigenvalue weighted by molar-refractivity contribution is -0.385. The molecule has 0 aromatic heterocycles. The summed E-state index contributed by atoms with van der Waals surface area (Å²) < 4.78 is 0. The highest BCUT2D eigenvalue weighted by Crippen LogP contribution is 2.39. The molecular weight excluding hydrogens is 298 g/mol. The second-order valence-electron chi connectivity index (χ2n) is 5.22. The maximum atomic E-state index is 12.1. The summed E-state index contributed by atoms with van der Waals surface area (Å²) in [4.78, 5) is 34.2. The summed E-state index contributed by atoms with van der Waals surface area (Å²) >= 11 is 5.85. The second kappa shape index (κ2) is 5.81. The highest BCUT2D eigenvalue weighted by molar-refractivity contribution is 6.30. The van der Waals surface area contributed by atoms with Crippen molar-refractivity contribution < 1.29 is 19.6 Å². The third-order valence-corrected chi connectivity index (χ3v) is 4.17. The average molecular weight is 312 g/mol. The highest BCUT2D eigenvalue weighted by atomic mass is 35.5. The first-order chi connectivity index (χ1) is 9.86. The van der Waals surface area contributed by atoms with Crippen LogP contribution in [-0.2, 0) is 16.0 Å². The molecule has 0 heterocycles. The Balaban J connectivity index is 2.47. The van der Waals surface area contributed by atoms with E-state index in [1.54, 1.807) is 0 Å². The van der Waals surface area contributed by atoms with Crippen molar-refractivity contribution in [3.05, 3.63) is 38.9 Å². The Morgan fingerprint density at radius 1 is 1.43 bits per heavy atom. The molecule has 1 aromatic rings. The third-order valence-electron chi connectivity index (χ3n) is 3.93. The van der Waals surface area contributed by atoms with Gasteiger partial charge in [-0.25, -0.2) is 0 Å². The summed E-state index contributed by atoms with van der Waals surface area (Å²) in [6, 6.07) is 3.98. The average Bonchev–Trinajstić information content (AvgIpc) is 2.41. The predicted octanol–water partition coefficient (Wildman–Crippen LogP) is 3.00. The number of hydrogen-bond acceptors (Lipinski definition) is 4. The minimum absolute atomic E-state index is 0.185. The molecule has 0 radical (unpaired) electrons. The Labute approximate surface area is 125 Å². The van der Waals surface area contributed by atoms with Crippen molar-refractivity contribution >= 4 is 29.0 Å². The van der Waals surface area contributed by atoms with E-state index in [2.05, 4.69) is 0 Å². The molecular formula is C14H14ClNO5. The van der Waals surface area contributed by atoms with Gasteiger partial charge < -0.3 is 5.11 Å². The van der Waals surface area contributed by atoms with Crippen LogP contribution in [0, 0.1) is 15.5 Å². The number of aliphatic carboxylic acids is 1. The van der Waals surface area contributed by atoms with Crippen LogP contribution in [0.15, 0.2) is 18.2 Å². The van der Waals surface area contributed by atoms with E-state index in [1.165, 1.54) is 18.2 Å². The van der Waals surface area contributed by atoms with Crippen LogP contribution in [0.4, 0.5) is 5.69 Å². The van der Waals surface area contributed by atoms with Gasteiger partial charge in [-0.05, 0) is 25.0 Å². The minimum atomic E-state index is -1.58. The number of halogens is 1. The Hall–Kier alpha value is -1.95. The molecule has 1 fully saturated rings. The molecule has 0 aliphatic heterocycles. The lowest BCUT2D eigenvalue weighted by Crippen LogP contribution is -2.43. The van der Waals surface area contributed by atoms with Gasteiger partial charge in [0.15, 0.2) is 5.78 Å². The SMILES string of the molecule is O=C(O)C1(Cc2cc(Cl)ccc2[N+](=O)[O-])CCCCC1=O. The number of nitro benzene ring substituents is 1. The lowest BCUT2D eigenvalue weighted by Gasteiger charge is -2.31. The number of carbonyl (C=O) groups is 2. The summed E-state index contributed by atoms with van der Waals surface area (Å²) in [6.45, 7) is 0. The van der Waals surface area contributed by atoms with Crippen LogP contribution in [0.25, 0.3) is 0 Å². The highest BCUT2D eigenvalue weighted by Gasteiger charge is 2.47. The van der Waals surface area contributed by atoms with Crippen molar-refractivity contribution in [2.24, 2.45) is 5.41 Å². The fraction of sp³-hybridized carbons (Fsp3) is 0.429. The van der Waals surface area contributed by atoms with E-state index in [0.717, 1.165) is 0 Å². The molecule has 2 rings (SSSR count). The van der Waals surface area contributed by atoms with Crippen molar-refractivity contribution in [3.63, 3.8) is 0 Å². The fourth-order valence-corrected chi connectivity index (χ4v) is 2.97. The summed E-state index contributed by atoms with van der Waals surface area (Å²) in [5.74, 6) is -1.59. The van der Waals surface area contributed by atoms with E-state index in [4.69, 9.17) is 11.6 Å². The Morgan fingerprint density at radius 3 is 2.71 bits per heavy atom. The van der Waals surface area contributed by atoms with Crippen molar-refractivity contribution in [1.82, 2.24) is 0 Å². The van der Waals surface area contributed by atoms with Crippen LogP contribution < -0.4 is 0 Å². The maximum Gasteiger partial charge on any atom is 0.317 e. The number of nitro groups is 1. The normalized spacial score (nSPS) is 22.0. The Kier molecular flexibility index (Phi) is 4.27. The number of Topliss-reactive ketones (excluding diaryl/α,β-unsaturated/α-hetero) is 1. The zero-order valence-corrected chi connectivity index (χ0v) is 11.9. The summed E-state index contributed by atoms with van der Waals surface area (Å²) in [5.41, 5.74) is -1.60. The molecule has 1 unspecified atom stereocenters. The van der Waals surface area contributed by atoms with Gasteiger partial charge in [-0.3, -0.25) is 19.7 Å². The van der Waals surface area contributed by atoms with Gasteiger partial charge in [-0.1, -0.05) is 18.0 Å². The third kappa shape index (κ3) is 2.90. The van der Waals surface area contributed by atoms with Crippen LogP contribution in [0.2, 0.25) is 5.02 Å². The van der Waals surface area contributed by atoms with Crippen molar-refractivity contribution in [2.45, 2.75) is 32.1 Å². The summed E-state index contributed by atoms with van der Waals surface area (Å²) in [5, 5.41) is 20.8. The molecule has 112 valence electrons. The van der Waals surface area contributed by atoms with Gasteiger partial charge in [0.2, 0.25) is 0 Å². The lowest BCUT2D eigenvalue weighted by atomic mass is 9.69. The number of benzene rings is 1. The molecule has 0 spiro atoms. The van der Waals surface area contributed by atoms with Gasteiger partial charge >= 0.3 is 5.97 Å². The predicted molar refractivity (Wildman–Crippen MR) is 75.4 cm³/mol. The van der Waals surface area contributed by atoms with Crippen molar-refractivity contribution in [1.29, 1.82) is 0 Å². The molecule has 7 heteroatoms. The smallest absolute Gasteiger partial charge is 0.317 e. The zero-order chi connectivity index (χ0) is 15.6. The first-order valence-electron chi connectivity index (χ1n) is 6.56. The van der Waals surface area contributed by atoms with Gasteiger partial charge in [0.05, 0.1) is 4.92 Å². The molecule has 0 amide bonds. The van der Waals surface area contributed by atoms with Crippen molar-refractivity contribution in [3.8, 4) is 0 Å². The van der Waals surface area contributed by atoms with Gasteiger partial charge in [0.1, 0.15) is 5.41 Å². The van der Waals surface area contributed by atoms with E-state index >= 15 is 0 Å². The number of rotatable bonds is 4. The molecule has 1 atom stereocenters. The number of nitrogens with zero attached hydrogens (tertiary/aromatic N) is 1. The number of carbonyl (C=O) groups excluding carboxylic acids is 1. The Morgan fingerprint density at radius 2 is 2.14 bits per heavy atom. The van der Waals surface area contributed by atoms with E-state index in [-0.39, 0.29) is 41.3 Å². The first-order valence-corrected chi connectivity index (χ1v) is 6.94. The van der Waals surface area contributed by atoms with Gasteiger partial charge in [-0.15, -0.1) is 0 Å². The maximum absolute atomic E-state index is 12.1. The summed E-state index contributed by atoms with van der Waals surface area (Å²) in [7, 11) is 0. The van der Waals surface area contributed by atoms with Gasteiger partial charge in [0.25, 0.3) is 5.69 Å². The van der Waals surface area contributed by atoms with Gasteiger partial charge in [-0.2, -0.15) is 0 Å². The molecule has 0 saturated heterocycles. The molecule has 1 N–H and O–H groups in total. The molecule has 1 aliphatic carbocycles. The van der Waals surface area contributed by atoms with Crippen LogP contribution in [0.3, 0.4) is 0 Å². The largest absolute Gasteiger partial charge is 0.480 e. The first kappa shape index (κ1) is 15.4. The monoisotopic (exact) mass is 311 g/mol. The molecule has 21 heavy (non-hydrogen) atoms. The van der Waals surface area contributed by atoms with Crippen LogP contribution >= 0.6 is 11.6 Å². The topological polar surface area (TPSA) is 97.5 Å². The molecule has 1 aliphatic rings. The molecule has 1 aromatic carbocycles. The van der Waals surface area contributed by atoms with E-state index in [0.29, 0.717) is 12.8 Å². The molecule has 1 saturated carbocycles. The Bertz CT molecular complexity index is 615. The van der Waals surface area contributed by atoms with E-state index in [1.807, 2.05) is 0 Å². The molecule has 6 nitrogen and oxygen atoms in total. The number of carboxylic acid groups (broad SMARTS) is 1. The fourth-order valence-electron chi connectivity index (χ4n) is 2.78. The molecule has 0 bridgehead atoms. The minimum Gasteiger partial charge on any atom is -0.480 e. The van der Waals surface area contributed by atoms with Crippen LogP contribution in [-0.4, -0.2) is 21.8 Å². The van der Waals surface area contributed by atoms with E-state index < -0.39 is 16.3 Å². The van der Waals surface area contributed by atoms with Crippen molar-refractivity contribution in [2.75, 3.05) is 0 Å². The van der Waals surface area contributed by atoms with Crippen LogP contribution in [0.5, 0.6) is 0 Å². The van der Waals surface area contributed by atoms with E-state index in [9.17, 15) is 24.8 Å². The standard InChI is InChI=1S/C14H14ClNO5/c15-10-4-5-11(16(20)21)9(7-10)8-14(13(18)19)6-2-1-3-12(14)17/h4-5,7H,1-3,6,8H2,(H,18,19). The number of hydrogen-bond donors (Lipinski definition) is 1. The van der Waals surface area contributed by atoms with Gasteiger partial charge in [0, 0.05) is 29.5 Å². The number of ketones is 1. The van der Waals surface area contributed by atoms with Crippen LogP contribution in [0.1, 0.15) is 31.2 Å². The summed E-state index contributed by atoms with van der Waals surface area (Å²) in [6.07, 6.45) is 1.47. The zero-order valence-electron chi connectivity index (χ0n) is 11.2.